The molecule has 0 saturated carbocycles. The second kappa shape index (κ2) is 6.12. The van der Waals surface area contributed by atoms with E-state index in [0.717, 1.165) is 10.0 Å². The van der Waals surface area contributed by atoms with Crippen LogP contribution in [-0.4, -0.2) is 17.4 Å². The van der Waals surface area contributed by atoms with Crippen LogP contribution in [0, 0.1) is 12.8 Å². The maximum absolute atomic E-state index is 11.9. The molecular formula is C12H15BrN2OS. The molecule has 0 aliphatic heterocycles. The van der Waals surface area contributed by atoms with Gasteiger partial charge in [-0.3, -0.25) is 4.79 Å². The van der Waals surface area contributed by atoms with E-state index in [-0.39, 0.29) is 11.8 Å². The molecule has 1 unspecified atom stereocenters. The van der Waals surface area contributed by atoms with Gasteiger partial charge in [0.15, 0.2) is 0 Å². The largest absolute Gasteiger partial charge is 0.393 e. The summed E-state index contributed by atoms with van der Waals surface area (Å²) in [4.78, 5) is 12.3. The zero-order chi connectivity index (χ0) is 13.0. The molecule has 0 bridgehead atoms. The summed E-state index contributed by atoms with van der Waals surface area (Å²) in [5.74, 6) is -0.124. The number of halogens is 1. The number of hydrogen-bond acceptors (Lipinski definition) is 2. The van der Waals surface area contributed by atoms with Crippen molar-refractivity contribution in [3.63, 3.8) is 0 Å². The smallest absolute Gasteiger partial charge is 0.252 e. The lowest BCUT2D eigenvalue weighted by Gasteiger charge is -2.12. The fourth-order valence-corrected chi connectivity index (χ4v) is 1.79. The Morgan fingerprint density at radius 1 is 1.59 bits per heavy atom. The highest BCUT2D eigenvalue weighted by Crippen LogP contribution is 2.20. The van der Waals surface area contributed by atoms with Crippen LogP contribution in [0.5, 0.6) is 0 Å². The highest BCUT2D eigenvalue weighted by molar-refractivity contribution is 9.10. The van der Waals surface area contributed by atoms with Crippen molar-refractivity contribution in [3.8, 4) is 0 Å². The summed E-state index contributed by atoms with van der Waals surface area (Å²) in [6, 6.07) is 5.57. The van der Waals surface area contributed by atoms with E-state index in [4.69, 9.17) is 18.0 Å². The van der Waals surface area contributed by atoms with E-state index < -0.39 is 0 Å². The number of benzene rings is 1. The number of carbonyl (C=O) groups excluding carboxylic acids is 1. The molecule has 3 N–H and O–H groups in total. The van der Waals surface area contributed by atoms with Crippen LogP contribution in [0.1, 0.15) is 22.8 Å². The topological polar surface area (TPSA) is 55.1 Å². The van der Waals surface area contributed by atoms with Crippen molar-refractivity contribution in [2.45, 2.75) is 13.8 Å². The minimum absolute atomic E-state index is 0.00228. The highest BCUT2D eigenvalue weighted by atomic mass is 79.9. The SMILES string of the molecule is Cc1cccc(C(=O)NCC(C)C(N)=S)c1Br. The van der Waals surface area contributed by atoms with Gasteiger partial charge >= 0.3 is 0 Å². The second-order valence-electron chi connectivity index (χ2n) is 3.95. The minimum atomic E-state index is -0.122. The predicted octanol–water partition coefficient (Wildman–Crippen LogP) is 2.41. The number of thiocarbonyl (C=S) groups is 1. The number of nitrogens with one attached hydrogen (secondary N) is 1. The van der Waals surface area contributed by atoms with Crippen LogP contribution >= 0.6 is 28.1 Å². The van der Waals surface area contributed by atoms with Gasteiger partial charge in [0.25, 0.3) is 5.91 Å². The minimum Gasteiger partial charge on any atom is -0.393 e. The Hall–Kier alpha value is -0.940. The third kappa shape index (κ3) is 3.78. The summed E-state index contributed by atoms with van der Waals surface area (Å²) in [5.41, 5.74) is 7.14. The fraction of sp³-hybridized carbons (Fsp3) is 0.333. The molecule has 0 radical (unpaired) electrons. The lowest BCUT2D eigenvalue weighted by atomic mass is 10.1. The summed E-state index contributed by atoms with van der Waals surface area (Å²) in [6.45, 7) is 4.28. The molecule has 17 heavy (non-hydrogen) atoms. The van der Waals surface area contributed by atoms with Gasteiger partial charge in [0, 0.05) is 16.9 Å². The van der Waals surface area contributed by atoms with Crippen LogP contribution in [0.3, 0.4) is 0 Å². The molecule has 5 heteroatoms. The monoisotopic (exact) mass is 314 g/mol. The number of rotatable bonds is 4. The van der Waals surface area contributed by atoms with Crippen molar-refractivity contribution in [2.24, 2.45) is 11.7 Å². The normalized spacial score (nSPS) is 11.9. The van der Waals surface area contributed by atoms with Gasteiger partial charge in [-0.25, -0.2) is 0 Å². The Morgan fingerprint density at radius 3 is 2.82 bits per heavy atom. The Morgan fingerprint density at radius 2 is 2.24 bits per heavy atom. The van der Waals surface area contributed by atoms with Crippen molar-refractivity contribution in [1.82, 2.24) is 5.32 Å². The molecular weight excluding hydrogens is 300 g/mol. The molecule has 1 amide bonds. The van der Waals surface area contributed by atoms with Gasteiger partial charge in [-0.1, -0.05) is 31.3 Å². The van der Waals surface area contributed by atoms with Crippen molar-refractivity contribution in [2.75, 3.05) is 6.54 Å². The maximum atomic E-state index is 11.9. The highest BCUT2D eigenvalue weighted by Gasteiger charge is 2.12. The van der Waals surface area contributed by atoms with Crippen molar-refractivity contribution < 1.29 is 4.79 Å². The fourth-order valence-electron chi connectivity index (χ4n) is 1.26. The number of amides is 1. The van der Waals surface area contributed by atoms with E-state index in [1.807, 2.05) is 26.0 Å². The lowest BCUT2D eigenvalue weighted by molar-refractivity contribution is 0.0950. The molecule has 1 aromatic rings. The molecule has 1 rings (SSSR count). The average Bonchev–Trinajstić information content (AvgIpc) is 2.29. The molecule has 0 fully saturated rings. The Bertz CT molecular complexity index is 448. The van der Waals surface area contributed by atoms with Gasteiger partial charge in [0.2, 0.25) is 0 Å². The van der Waals surface area contributed by atoms with Crippen LogP contribution in [0.2, 0.25) is 0 Å². The summed E-state index contributed by atoms with van der Waals surface area (Å²) < 4.78 is 0.820. The zero-order valence-electron chi connectivity index (χ0n) is 9.79. The number of nitrogens with two attached hydrogens (primary N) is 1. The average molecular weight is 315 g/mol. The summed E-state index contributed by atoms with van der Waals surface area (Å²) in [7, 11) is 0. The number of carbonyl (C=O) groups is 1. The Balaban J connectivity index is 2.71. The van der Waals surface area contributed by atoms with E-state index in [1.165, 1.54) is 0 Å². The number of aryl methyl sites for hydroxylation is 1. The first kappa shape index (κ1) is 14.1. The van der Waals surface area contributed by atoms with Crippen LogP contribution in [0.25, 0.3) is 0 Å². The van der Waals surface area contributed by atoms with Crippen molar-refractivity contribution in [1.29, 1.82) is 0 Å². The van der Waals surface area contributed by atoms with Gasteiger partial charge in [0.05, 0.1) is 10.6 Å². The molecule has 0 heterocycles. The molecule has 0 aliphatic rings. The quantitative estimate of drug-likeness (QED) is 0.839. The van der Waals surface area contributed by atoms with E-state index in [9.17, 15) is 4.79 Å². The van der Waals surface area contributed by atoms with E-state index in [1.54, 1.807) is 6.07 Å². The van der Waals surface area contributed by atoms with Crippen molar-refractivity contribution >= 4 is 39.0 Å². The van der Waals surface area contributed by atoms with Crippen LogP contribution in [0.4, 0.5) is 0 Å². The van der Waals surface area contributed by atoms with Crippen molar-refractivity contribution in [3.05, 3.63) is 33.8 Å². The van der Waals surface area contributed by atoms with E-state index in [2.05, 4.69) is 21.2 Å². The van der Waals surface area contributed by atoms with E-state index >= 15 is 0 Å². The molecule has 1 atom stereocenters. The molecule has 0 aromatic heterocycles. The maximum Gasteiger partial charge on any atom is 0.252 e. The predicted molar refractivity (Wildman–Crippen MR) is 77.2 cm³/mol. The molecule has 0 saturated heterocycles. The lowest BCUT2D eigenvalue weighted by Crippen LogP contribution is -2.33. The molecule has 92 valence electrons. The first-order valence-corrected chi connectivity index (χ1v) is 6.46. The van der Waals surface area contributed by atoms with Crippen LogP contribution < -0.4 is 11.1 Å². The summed E-state index contributed by atoms with van der Waals surface area (Å²) in [5, 5.41) is 2.81. The van der Waals surface area contributed by atoms with Gasteiger partial charge in [0.1, 0.15) is 0 Å². The van der Waals surface area contributed by atoms with E-state index in [0.29, 0.717) is 17.1 Å². The van der Waals surface area contributed by atoms with Crippen LogP contribution in [-0.2, 0) is 0 Å². The standard InChI is InChI=1S/C12H15BrN2OS/c1-7-4-3-5-9(10(7)13)12(16)15-6-8(2)11(14)17/h3-5,8H,6H2,1-2H3,(H2,14,17)(H,15,16). The van der Waals surface area contributed by atoms with Gasteiger partial charge in [-0.05, 0) is 34.5 Å². The number of hydrogen-bond donors (Lipinski definition) is 2. The second-order valence-corrected chi connectivity index (χ2v) is 5.21. The van der Waals surface area contributed by atoms with Gasteiger partial charge in [-0.15, -0.1) is 0 Å². The molecule has 0 aliphatic carbocycles. The first-order chi connectivity index (χ1) is 7.93. The van der Waals surface area contributed by atoms with Gasteiger partial charge < -0.3 is 11.1 Å². The Kier molecular flexibility index (Phi) is 5.08. The zero-order valence-corrected chi connectivity index (χ0v) is 12.2. The molecule has 1 aromatic carbocycles. The first-order valence-electron chi connectivity index (χ1n) is 5.26. The molecule has 0 spiro atoms. The Labute approximate surface area is 115 Å². The van der Waals surface area contributed by atoms with Crippen LogP contribution in [0.15, 0.2) is 22.7 Å². The third-order valence-electron chi connectivity index (χ3n) is 2.49. The molecule has 3 nitrogen and oxygen atoms in total. The summed E-state index contributed by atoms with van der Waals surface area (Å²) in [6.07, 6.45) is 0. The third-order valence-corrected chi connectivity index (χ3v) is 3.95. The summed E-state index contributed by atoms with van der Waals surface area (Å²) >= 11 is 8.26. The van der Waals surface area contributed by atoms with Gasteiger partial charge in [-0.2, -0.15) is 0 Å².